The molecular weight excluding hydrogens is 281 g/mol. The lowest BCUT2D eigenvalue weighted by molar-refractivity contribution is 0.554. The molecule has 0 saturated heterocycles. The van der Waals surface area contributed by atoms with E-state index in [0.717, 1.165) is 28.4 Å². The van der Waals surface area contributed by atoms with Gasteiger partial charge in [-0.2, -0.15) is 0 Å². The van der Waals surface area contributed by atoms with E-state index in [0.29, 0.717) is 18.0 Å². The lowest BCUT2D eigenvalue weighted by Gasteiger charge is -2.05. The predicted molar refractivity (Wildman–Crippen MR) is 82.2 cm³/mol. The number of hydrogen-bond donors (Lipinski definition) is 1. The summed E-state index contributed by atoms with van der Waals surface area (Å²) in [4.78, 5) is 8.83. The fraction of sp³-hybridized carbons (Fsp3) is 0.294. The molecular formula is C17H16FN3O. The Morgan fingerprint density at radius 3 is 3.00 bits per heavy atom. The number of halogens is 1. The minimum atomic E-state index is -0.249. The van der Waals surface area contributed by atoms with Crippen LogP contribution in [-0.4, -0.2) is 9.97 Å². The van der Waals surface area contributed by atoms with Gasteiger partial charge in [0.1, 0.15) is 28.8 Å². The minimum absolute atomic E-state index is 0.249. The van der Waals surface area contributed by atoms with Gasteiger partial charge in [0.2, 0.25) is 0 Å². The molecule has 1 aliphatic rings. The number of nitrogens with zero attached hydrogens (tertiary/aromatic N) is 2. The van der Waals surface area contributed by atoms with Crippen LogP contribution in [-0.2, 0) is 6.54 Å². The summed E-state index contributed by atoms with van der Waals surface area (Å²) in [6.07, 6.45) is 4.14. The number of fused-ring (bicyclic) bond motifs is 1. The van der Waals surface area contributed by atoms with E-state index >= 15 is 0 Å². The van der Waals surface area contributed by atoms with Gasteiger partial charge in [-0.15, -0.1) is 0 Å². The Hall–Kier alpha value is -2.43. The fourth-order valence-electron chi connectivity index (χ4n) is 2.59. The Labute approximate surface area is 127 Å². The topological polar surface area (TPSA) is 51.0 Å². The van der Waals surface area contributed by atoms with Crippen LogP contribution in [0.1, 0.15) is 35.9 Å². The standard InChI is InChI=1S/C17H16FN3O/c1-10-13-8-12(18)4-5-14(13)22-15(10)9-20-16-6-7-19-17(21-16)11-2-3-11/h4-8,11H,2-3,9H2,1H3,(H,19,20,21). The summed E-state index contributed by atoms with van der Waals surface area (Å²) in [5, 5.41) is 4.08. The summed E-state index contributed by atoms with van der Waals surface area (Å²) in [5.41, 5.74) is 1.66. The van der Waals surface area contributed by atoms with Crippen molar-refractivity contribution in [2.24, 2.45) is 0 Å². The average Bonchev–Trinajstić information content (AvgIpc) is 3.33. The summed E-state index contributed by atoms with van der Waals surface area (Å²) in [6, 6.07) is 6.43. The van der Waals surface area contributed by atoms with Gasteiger partial charge in [0.05, 0.1) is 6.54 Å². The van der Waals surface area contributed by atoms with Crippen LogP contribution in [0.3, 0.4) is 0 Å². The lowest BCUT2D eigenvalue weighted by atomic mass is 10.1. The second kappa shape index (κ2) is 5.09. The number of aryl methyl sites for hydroxylation is 1. The molecule has 4 rings (SSSR count). The van der Waals surface area contributed by atoms with Crippen LogP contribution in [0, 0.1) is 12.7 Å². The van der Waals surface area contributed by atoms with Crippen molar-refractivity contribution < 1.29 is 8.81 Å². The zero-order chi connectivity index (χ0) is 15.1. The van der Waals surface area contributed by atoms with Crippen LogP contribution in [0.4, 0.5) is 10.2 Å². The van der Waals surface area contributed by atoms with Gasteiger partial charge in [-0.25, -0.2) is 14.4 Å². The molecule has 0 aliphatic heterocycles. The van der Waals surface area contributed by atoms with Crippen molar-refractivity contribution in [1.29, 1.82) is 0 Å². The number of aromatic nitrogens is 2. The maximum absolute atomic E-state index is 13.3. The molecule has 1 aliphatic carbocycles. The molecule has 2 aromatic heterocycles. The molecule has 2 heterocycles. The highest BCUT2D eigenvalue weighted by Crippen LogP contribution is 2.38. The van der Waals surface area contributed by atoms with Crippen molar-refractivity contribution in [1.82, 2.24) is 9.97 Å². The zero-order valence-corrected chi connectivity index (χ0v) is 12.3. The number of benzene rings is 1. The Kier molecular flexibility index (Phi) is 3.06. The van der Waals surface area contributed by atoms with Crippen LogP contribution >= 0.6 is 0 Å². The predicted octanol–water partition coefficient (Wildman–Crippen LogP) is 4.16. The van der Waals surface area contributed by atoms with E-state index in [1.807, 2.05) is 13.0 Å². The van der Waals surface area contributed by atoms with Crippen molar-refractivity contribution in [3.8, 4) is 0 Å². The summed E-state index contributed by atoms with van der Waals surface area (Å²) < 4.78 is 19.1. The first-order chi connectivity index (χ1) is 10.7. The lowest BCUT2D eigenvalue weighted by Crippen LogP contribution is -2.03. The molecule has 0 unspecified atom stereocenters. The van der Waals surface area contributed by atoms with E-state index in [4.69, 9.17) is 4.42 Å². The molecule has 0 bridgehead atoms. The fourth-order valence-corrected chi connectivity index (χ4v) is 2.59. The molecule has 0 radical (unpaired) electrons. The minimum Gasteiger partial charge on any atom is -0.459 e. The van der Waals surface area contributed by atoms with Crippen LogP contribution < -0.4 is 5.32 Å². The Balaban J connectivity index is 1.56. The van der Waals surface area contributed by atoms with Crippen molar-refractivity contribution in [3.63, 3.8) is 0 Å². The normalized spacial score (nSPS) is 14.5. The van der Waals surface area contributed by atoms with Gasteiger partial charge in [0, 0.05) is 23.1 Å². The molecule has 0 amide bonds. The number of rotatable bonds is 4. The molecule has 1 fully saturated rings. The summed E-state index contributed by atoms with van der Waals surface area (Å²) in [6.45, 7) is 2.46. The van der Waals surface area contributed by atoms with Crippen LogP contribution in [0.25, 0.3) is 11.0 Å². The van der Waals surface area contributed by atoms with E-state index in [9.17, 15) is 4.39 Å². The molecule has 0 spiro atoms. The highest BCUT2D eigenvalue weighted by molar-refractivity contribution is 5.82. The average molecular weight is 297 g/mol. The van der Waals surface area contributed by atoms with Crippen molar-refractivity contribution in [3.05, 3.63) is 53.4 Å². The van der Waals surface area contributed by atoms with E-state index in [1.54, 1.807) is 12.3 Å². The maximum atomic E-state index is 13.3. The molecule has 112 valence electrons. The summed E-state index contributed by atoms with van der Waals surface area (Å²) in [7, 11) is 0. The smallest absolute Gasteiger partial charge is 0.134 e. The van der Waals surface area contributed by atoms with Crippen molar-refractivity contribution in [2.75, 3.05) is 5.32 Å². The second-order valence-electron chi connectivity index (χ2n) is 5.72. The van der Waals surface area contributed by atoms with Crippen molar-refractivity contribution >= 4 is 16.8 Å². The Bertz CT molecular complexity index is 839. The third-order valence-electron chi connectivity index (χ3n) is 4.04. The molecule has 0 atom stereocenters. The van der Waals surface area contributed by atoms with Crippen LogP contribution in [0.2, 0.25) is 0 Å². The van der Waals surface area contributed by atoms with Gasteiger partial charge in [-0.3, -0.25) is 0 Å². The number of hydrogen-bond acceptors (Lipinski definition) is 4. The molecule has 3 aromatic rings. The first kappa shape index (κ1) is 13.2. The molecule has 22 heavy (non-hydrogen) atoms. The summed E-state index contributed by atoms with van der Waals surface area (Å²) >= 11 is 0. The maximum Gasteiger partial charge on any atom is 0.134 e. The van der Waals surface area contributed by atoms with E-state index < -0.39 is 0 Å². The van der Waals surface area contributed by atoms with Crippen LogP contribution in [0.5, 0.6) is 0 Å². The first-order valence-electron chi connectivity index (χ1n) is 7.45. The SMILES string of the molecule is Cc1c(CNc2ccnc(C3CC3)n2)oc2ccc(F)cc12. The Morgan fingerprint density at radius 1 is 1.32 bits per heavy atom. The molecule has 1 N–H and O–H groups in total. The molecule has 4 nitrogen and oxygen atoms in total. The number of furan rings is 1. The molecule has 5 heteroatoms. The number of nitrogens with one attached hydrogen (secondary N) is 1. The van der Waals surface area contributed by atoms with Crippen molar-refractivity contribution in [2.45, 2.75) is 32.2 Å². The quantitative estimate of drug-likeness (QED) is 0.785. The van der Waals surface area contributed by atoms with E-state index in [-0.39, 0.29) is 5.82 Å². The first-order valence-corrected chi connectivity index (χ1v) is 7.45. The monoisotopic (exact) mass is 297 g/mol. The van der Waals surface area contributed by atoms with Gasteiger partial charge in [0.25, 0.3) is 0 Å². The van der Waals surface area contributed by atoms with Gasteiger partial charge in [-0.1, -0.05) is 0 Å². The number of anilines is 1. The van der Waals surface area contributed by atoms with Gasteiger partial charge < -0.3 is 9.73 Å². The zero-order valence-electron chi connectivity index (χ0n) is 12.3. The Morgan fingerprint density at radius 2 is 2.18 bits per heavy atom. The largest absolute Gasteiger partial charge is 0.459 e. The van der Waals surface area contributed by atoms with Gasteiger partial charge >= 0.3 is 0 Å². The van der Waals surface area contributed by atoms with E-state index in [2.05, 4.69) is 15.3 Å². The van der Waals surface area contributed by atoms with Crippen LogP contribution in [0.15, 0.2) is 34.9 Å². The van der Waals surface area contributed by atoms with E-state index in [1.165, 1.54) is 25.0 Å². The molecule has 1 aromatic carbocycles. The van der Waals surface area contributed by atoms with Gasteiger partial charge in [-0.05, 0) is 44.0 Å². The highest BCUT2D eigenvalue weighted by atomic mass is 19.1. The third-order valence-corrected chi connectivity index (χ3v) is 4.04. The summed E-state index contributed by atoms with van der Waals surface area (Å²) in [5.74, 6) is 2.78. The second-order valence-corrected chi connectivity index (χ2v) is 5.72. The highest BCUT2D eigenvalue weighted by Gasteiger charge is 2.26. The third kappa shape index (κ3) is 2.43. The van der Waals surface area contributed by atoms with Gasteiger partial charge in [0.15, 0.2) is 0 Å². The molecule has 1 saturated carbocycles.